The van der Waals surface area contributed by atoms with E-state index in [0.29, 0.717) is 5.78 Å². The first kappa shape index (κ1) is 17.9. The Hall–Kier alpha value is -3.71. The maximum atomic E-state index is 12.5. The fraction of sp³-hybridized carbons (Fsp3) is 0.129. The molecule has 32 heavy (non-hydrogen) atoms. The van der Waals surface area contributed by atoms with E-state index in [0.717, 1.165) is 19.3 Å². The van der Waals surface area contributed by atoms with Crippen molar-refractivity contribution >= 4 is 59.6 Å². The summed E-state index contributed by atoms with van der Waals surface area (Å²) in [6.45, 7) is 0. The Morgan fingerprint density at radius 1 is 0.531 bits per heavy atom. The van der Waals surface area contributed by atoms with Crippen molar-refractivity contribution < 1.29 is 4.79 Å². The first-order chi connectivity index (χ1) is 15.7. The van der Waals surface area contributed by atoms with E-state index in [2.05, 4.69) is 91.0 Å². The van der Waals surface area contributed by atoms with Crippen LogP contribution in [0, 0.1) is 0 Å². The topological polar surface area (TPSA) is 17.1 Å². The van der Waals surface area contributed by atoms with Gasteiger partial charge in [-0.3, -0.25) is 4.79 Å². The standard InChI is InChI=1S/C31H22O/c32-31-10-4-9-27(31)26-8-3-7-21-15-22-11-12-23-16-24-13-19-5-1-2-6-20(19)14-25(24)17-28(23)30(22)18-29(21)26/h1-3,5-8,11-18,27H,4,9-10H2. The Morgan fingerprint density at radius 3 is 1.84 bits per heavy atom. The van der Waals surface area contributed by atoms with Gasteiger partial charge in [0.15, 0.2) is 0 Å². The molecular formula is C31H22O. The van der Waals surface area contributed by atoms with E-state index in [1.54, 1.807) is 0 Å². The first-order valence-corrected chi connectivity index (χ1v) is 11.5. The quantitative estimate of drug-likeness (QED) is 0.197. The molecule has 0 aliphatic heterocycles. The van der Waals surface area contributed by atoms with Gasteiger partial charge < -0.3 is 0 Å². The molecule has 0 aromatic heterocycles. The van der Waals surface area contributed by atoms with Gasteiger partial charge in [0.1, 0.15) is 5.78 Å². The highest BCUT2D eigenvalue weighted by Crippen LogP contribution is 2.39. The number of carbonyl (C=O) groups is 1. The number of fused-ring (bicyclic) bond motifs is 6. The van der Waals surface area contributed by atoms with Crippen LogP contribution in [-0.4, -0.2) is 5.78 Å². The van der Waals surface area contributed by atoms with E-state index < -0.39 is 0 Å². The molecule has 0 heterocycles. The number of benzene rings is 6. The number of ketones is 1. The molecule has 0 saturated heterocycles. The third-order valence-electron chi connectivity index (χ3n) is 7.37. The van der Waals surface area contributed by atoms with Gasteiger partial charge in [0.25, 0.3) is 0 Å². The van der Waals surface area contributed by atoms with Crippen LogP contribution in [0.25, 0.3) is 53.9 Å². The second-order valence-electron chi connectivity index (χ2n) is 9.24. The molecule has 7 rings (SSSR count). The van der Waals surface area contributed by atoms with Crippen molar-refractivity contribution in [1.29, 1.82) is 0 Å². The first-order valence-electron chi connectivity index (χ1n) is 11.5. The van der Waals surface area contributed by atoms with Crippen LogP contribution < -0.4 is 0 Å². The van der Waals surface area contributed by atoms with Crippen molar-refractivity contribution in [2.24, 2.45) is 0 Å². The monoisotopic (exact) mass is 410 g/mol. The maximum absolute atomic E-state index is 12.5. The van der Waals surface area contributed by atoms with Crippen LogP contribution in [-0.2, 0) is 4.79 Å². The lowest BCUT2D eigenvalue weighted by Gasteiger charge is -2.14. The minimum absolute atomic E-state index is 0.0540. The van der Waals surface area contributed by atoms with E-state index in [4.69, 9.17) is 0 Å². The predicted octanol–water partition coefficient (Wildman–Crippen LogP) is 8.29. The van der Waals surface area contributed by atoms with Crippen LogP contribution in [0.3, 0.4) is 0 Å². The number of carbonyl (C=O) groups excluding carboxylic acids is 1. The third kappa shape index (κ3) is 2.61. The summed E-state index contributed by atoms with van der Waals surface area (Å²) in [5.74, 6) is 0.451. The molecular weight excluding hydrogens is 388 g/mol. The van der Waals surface area contributed by atoms with Crippen LogP contribution in [0.5, 0.6) is 0 Å². The minimum atomic E-state index is 0.0540. The van der Waals surface area contributed by atoms with Gasteiger partial charge in [-0.25, -0.2) is 0 Å². The van der Waals surface area contributed by atoms with Gasteiger partial charge in [0.2, 0.25) is 0 Å². The molecule has 6 aromatic rings. The molecule has 1 atom stereocenters. The van der Waals surface area contributed by atoms with Gasteiger partial charge in [0, 0.05) is 12.3 Å². The molecule has 1 nitrogen and oxygen atoms in total. The molecule has 1 aliphatic rings. The Bertz CT molecular complexity index is 1720. The highest BCUT2D eigenvalue weighted by Gasteiger charge is 2.27. The summed E-state index contributed by atoms with van der Waals surface area (Å²) in [5.41, 5.74) is 1.20. The Morgan fingerprint density at radius 2 is 1.12 bits per heavy atom. The minimum Gasteiger partial charge on any atom is -0.299 e. The van der Waals surface area contributed by atoms with Gasteiger partial charge in [-0.05, 0) is 109 Å². The van der Waals surface area contributed by atoms with Crippen LogP contribution in [0.15, 0.2) is 91.0 Å². The molecule has 1 heteroatoms. The van der Waals surface area contributed by atoms with Gasteiger partial charge >= 0.3 is 0 Å². The van der Waals surface area contributed by atoms with Crippen molar-refractivity contribution in [2.45, 2.75) is 25.2 Å². The van der Waals surface area contributed by atoms with Crippen molar-refractivity contribution in [3.8, 4) is 0 Å². The Kier molecular flexibility index (Phi) is 3.72. The normalized spacial score (nSPS) is 16.8. The average molecular weight is 411 g/mol. The Labute approximate surface area is 186 Å². The number of rotatable bonds is 1. The van der Waals surface area contributed by atoms with E-state index in [-0.39, 0.29) is 5.92 Å². The summed E-state index contributed by atoms with van der Waals surface area (Å²) >= 11 is 0. The third-order valence-corrected chi connectivity index (χ3v) is 7.37. The lowest BCUT2D eigenvalue weighted by atomic mass is 9.89. The highest BCUT2D eigenvalue weighted by atomic mass is 16.1. The summed E-state index contributed by atoms with van der Waals surface area (Å²) in [6.07, 6.45) is 2.71. The fourth-order valence-electron chi connectivity index (χ4n) is 5.75. The zero-order valence-corrected chi connectivity index (χ0v) is 17.8. The number of hydrogen-bond donors (Lipinski definition) is 0. The smallest absolute Gasteiger partial charge is 0.140 e. The summed E-state index contributed by atoms with van der Waals surface area (Å²) in [5, 5.41) is 12.6. The molecule has 152 valence electrons. The molecule has 1 saturated carbocycles. The Balaban J connectivity index is 1.55. The van der Waals surface area contributed by atoms with Crippen LogP contribution in [0.1, 0.15) is 30.7 Å². The summed E-state index contributed by atoms with van der Waals surface area (Å²) in [4.78, 5) is 12.5. The molecule has 6 aromatic carbocycles. The maximum Gasteiger partial charge on any atom is 0.140 e. The molecule has 1 unspecified atom stereocenters. The van der Waals surface area contributed by atoms with E-state index in [1.165, 1.54) is 59.4 Å². The summed E-state index contributed by atoms with van der Waals surface area (Å²) in [6, 6.07) is 33.3. The molecule has 0 spiro atoms. The highest BCUT2D eigenvalue weighted by molar-refractivity contribution is 6.16. The lowest BCUT2D eigenvalue weighted by Crippen LogP contribution is -2.04. The second-order valence-corrected chi connectivity index (χ2v) is 9.24. The van der Waals surface area contributed by atoms with Gasteiger partial charge in [-0.1, -0.05) is 54.6 Å². The van der Waals surface area contributed by atoms with Crippen molar-refractivity contribution in [2.75, 3.05) is 0 Å². The van der Waals surface area contributed by atoms with Crippen LogP contribution >= 0.6 is 0 Å². The van der Waals surface area contributed by atoms with E-state index in [9.17, 15) is 4.79 Å². The largest absolute Gasteiger partial charge is 0.299 e. The fourth-order valence-corrected chi connectivity index (χ4v) is 5.75. The van der Waals surface area contributed by atoms with Gasteiger partial charge in [-0.2, -0.15) is 0 Å². The zero-order valence-electron chi connectivity index (χ0n) is 17.8. The van der Waals surface area contributed by atoms with Crippen molar-refractivity contribution in [3.05, 3.63) is 96.6 Å². The SMILES string of the molecule is O=C1CCCC1c1cccc2cc3ccc4cc5cc6ccccc6cc5cc4c3cc12. The summed E-state index contributed by atoms with van der Waals surface area (Å²) < 4.78 is 0. The zero-order chi connectivity index (χ0) is 21.2. The summed E-state index contributed by atoms with van der Waals surface area (Å²) in [7, 11) is 0. The molecule has 0 N–H and O–H groups in total. The molecule has 0 bridgehead atoms. The number of hydrogen-bond acceptors (Lipinski definition) is 1. The molecule has 1 aliphatic carbocycles. The van der Waals surface area contributed by atoms with Crippen LogP contribution in [0.2, 0.25) is 0 Å². The number of Topliss-reactive ketones (excluding diaryl/α,β-unsaturated/α-hetero) is 1. The van der Waals surface area contributed by atoms with Gasteiger partial charge in [0.05, 0.1) is 0 Å². The lowest BCUT2D eigenvalue weighted by molar-refractivity contribution is -0.118. The van der Waals surface area contributed by atoms with E-state index >= 15 is 0 Å². The van der Waals surface area contributed by atoms with E-state index in [1.807, 2.05) is 0 Å². The molecule has 0 amide bonds. The predicted molar refractivity (Wildman–Crippen MR) is 136 cm³/mol. The average Bonchev–Trinajstić information content (AvgIpc) is 3.25. The van der Waals surface area contributed by atoms with Crippen molar-refractivity contribution in [3.63, 3.8) is 0 Å². The molecule has 1 fully saturated rings. The molecule has 0 radical (unpaired) electrons. The second kappa shape index (κ2) is 6.64. The van der Waals surface area contributed by atoms with Crippen molar-refractivity contribution in [1.82, 2.24) is 0 Å². The van der Waals surface area contributed by atoms with Crippen LogP contribution in [0.4, 0.5) is 0 Å². The van der Waals surface area contributed by atoms with Gasteiger partial charge in [-0.15, -0.1) is 0 Å².